The van der Waals surface area contributed by atoms with Crippen LogP contribution in [0.2, 0.25) is 5.02 Å². The zero-order valence-electron chi connectivity index (χ0n) is 12.5. The molecule has 0 amide bonds. The predicted molar refractivity (Wildman–Crippen MR) is 89.1 cm³/mol. The Morgan fingerprint density at radius 1 is 1.04 bits per heavy atom. The maximum Gasteiger partial charge on any atom is 0.264 e. The largest absolute Gasteiger partial charge is 0.486 e. The van der Waals surface area contributed by atoms with Crippen molar-refractivity contribution in [3.05, 3.63) is 47.5 Å². The minimum atomic E-state index is -3.70. The van der Waals surface area contributed by atoms with E-state index in [0.29, 0.717) is 42.0 Å². The summed E-state index contributed by atoms with van der Waals surface area (Å²) in [6.45, 7) is 2.96. The van der Waals surface area contributed by atoms with E-state index >= 15 is 0 Å². The molecule has 1 heterocycles. The molecule has 23 heavy (non-hydrogen) atoms. The van der Waals surface area contributed by atoms with Crippen LogP contribution in [0.3, 0.4) is 0 Å². The highest BCUT2D eigenvalue weighted by atomic mass is 35.5. The topological polar surface area (TPSA) is 55.8 Å². The summed E-state index contributed by atoms with van der Waals surface area (Å²) in [7, 11) is -3.70. The van der Waals surface area contributed by atoms with Crippen LogP contribution in [0.25, 0.3) is 0 Å². The van der Waals surface area contributed by atoms with E-state index in [9.17, 15) is 8.42 Å². The maximum atomic E-state index is 12.9. The van der Waals surface area contributed by atoms with Gasteiger partial charge < -0.3 is 9.47 Å². The van der Waals surface area contributed by atoms with Gasteiger partial charge in [-0.3, -0.25) is 4.31 Å². The molecule has 0 radical (unpaired) electrons. The Hall–Kier alpha value is -1.92. The van der Waals surface area contributed by atoms with Gasteiger partial charge in [-0.25, -0.2) is 8.42 Å². The van der Waals surface area contributed by atoms with E-state index in [-0.39, 0.29) is 4.90 Å². The van der Waals surface area contributed by atoms with Gasteiger partial charge in [0.1, 0.15) is 13.2 Å². The smallest absolute Gasteiger partial charge is 0.264 e. The highest BCUT2D eigenvalue weighted by Gasteiger charge is 2.25. The molecule has 0 aliphatic carbocycles. The minimum absolute atomic E-state index is 0.165. The summed E-state index contributed by atoms with van der Waals surface area (Å²) >= 11 is 5.87. The minimum Gasteiger partial charge on any atom is -0.486 e. The zero-order chi connectivity index (χ0) is 16.4. The first-order valence-electron chi connectivity index (χ1n) is 7.20. The zero-order valence-corrected chi connectivity index (χ0v) is 14.1. The van der Waals surface area contributed by atoms with E-state index in [4.69, 9.17) is 21.1 Å². The van der Waals surface area contributed by atoms with Crippen LogP contribution in [0.5, 0.6) is 11.5 Å². The molecule has 2 aromatic carbocycles. The van der Waals surface area contributed by atoms with E-state index in [1.54, 1.807) is 37.3 Å². The molecule has 0 N–H and O–H groups in total. The Bertz CT molecular complexity index is 805. The fourth-order valence-electron chi connectivity index (χ4n) is 2.41. The second kappa shape index (κ2) is 6.29. The van der Waals surface area contributed by atoms with Gasteiger partial charge in [0, 0.05) is 17.6 Å². The number of fused-ring (bicyclic) bond motifs is 1. The molecule has 0 saturated carbocycles. The van der Waals surface area contributed by atoms with Crippen LogP contribution in [-0.4, -0.2) is 28.2 Å². The molecule has 7 heteroatoms. The lowest BCUT2D eigenvalue weighted by molar-refractivity contribution is 0.171. The first-order valence-corrected chi connectivity index (χ1v) is 9.02. The number of anilines is 1. The second-order valence-corrected chi connectivity index (χ2v) is 7.25. The molecule has 3 rings (SSSR count). The molecule has 122 valence electrons. The molecular formula is C16H16ClNO4S. The van der Waals surface area contributed by atoms with E-state index in [1.807, 2.05) is 0 Å². The predicted octanol–water partition coefficient (Wildman–Crippen LogP) is 3.33. The molecule has 0 bridgehead atoms. The molecule has 0 atom stereocenters. The van der Waals surface area contributed by atoms with Crippen molar-refractivity contribution in [3.8, 4) is 11.5 Å². The van der Waals surface area contributed by atoms with Crippen molar-refractivity contribution in [2.45, 2.75) is 11.8 Å². The van der Waals surface area contributed by atoms with E-state index in [2.05, 4.69) is 0 Å². The summed E-state index contributed by atoms with van der Waals surface area (Å²) in [5, 5.41) is 0.557. The third-order valence-electron chi connectivity index (χ3n) is 3.50. The van der Waals surface area contributed by atoms with Crippen molar-refractivity contribution in [1.82, 2.24) is 0 Å². The third kappa shape index (κ3) is 3.09. The molecule has 1 aliphatic heterocycles. The van der Waals surface area contributed by atoms with Crippen molar-refractivity contribution in [2.24, 2.45) is 0 Å². The molecule has 1 aliphatic rings. The average Bonchev–Trinajstić information content (AvgIpc) is 2.56. The van der Waals surface area contributed by atoms with Gasteiger partial charge in [0.05, 0.1) is 10.6 Å². The molecule has 0 fully saturated rings. The Balaban J connectivity index is 2.00. The lowest BCUT2D eigenvalue weighted by Gasteiger charge is -2.24. The maximum absolute atomic E-state index is 12.9. The first kappa shape index (κ1) is 16.0. The van der Waals surface area contributed by atoms with Gasteiger partial charge >= 0.3 is 0 Å². The number of halogens is 1. The van der Waals surface area contributed by atoms with E-state index in [1.165, 1.54) is 16.4 Å². The lowest BCUT2D eigenvalue weighted by atomic mass is 10.3. The van der Waals surface area contributed by atoms with Crippen LogP contribution < -0.4 is 13.8 Å². The van der Waals surface area contributed by atoms with Gasteiger partial charge in [-0.15, -0.1) is 0 Å². The van der Waals surface area contributed by atoms with Crippen molar-refractivity contribution >= 4 is 27.3 Å². The van der Waals surface area contributed by atoms with Crippen LogP contribution in [-0.2, 0) is 10.0 Å². The standard InChI is InChI=1S/C16H16ClNO4S/c1-2-18(13-5-3-12(17)4-6-13)23(19,20)14-7-8-15-16(11-14)22-10-9-21-15/h3-8,11H,2,9-10H2,1H3. The molecule has 0 aromatic heterocycles. The highest BCUT2D eigenvalue weighted by Crippen LogP contribution is 2.34. The normalized spacial score (nSPS) is 13.7. The summed E-state index contributed by atoms with van der Waals surface area (Å²) in [5.41, 5.74) is 0.562. The van der Waals surface area contributed by atoms with Gasteiger partial charge in [-0.05, 0) is 43.3 Å². The summed E-state index contributed by atoms with van der Waals surface area (Å²) in [6.07, 6.45) is 0. The van der Waals surface area contributed by atoms with Gasteiger partial charge in [0.25, 0.3) is 10.0 Å². The van der Waals surface area contributed by atoms with E-state index < -0.39 is 10.0 Å². The lowest BCUT2D eigenvalue weighted by Crippen LogP contribution is -2.30. The van der Waals surface area contributed by atoms with Gasteiger partial charge in [-0.1, -0.05) is 11.6 Å². The molecule has 0 spiro atoms. The van der Waals surface area contributed by atoms with E-state index in [0.717, 1.165) is 0 Å². The number of nitrogens with zero attached hydrogens (tertiary/aromatic N) is 1. The van der Waals surface area contributed by atoms with Gasteiger partial charge in [-0.2, -0.15) is 0 Å². The highest BCUT2D eigenvalue weighted by molar-refractivity contribution is 7.92. The fourth-order valence-corrected chi connectivity index (χ4v) is 4.03. The molecular weight excluding hydrogens is 338 g/mol. The Morgan fingerprint density at radius 3 is 2.35 bits per heavy atom. The number of rotatable bonds is 4. The number of benzene rings is 2. The monoisotopic (exact) mass is 353 g/mol. The molecule has 5 nitrogen and oxygen atoms in total. The quantitative estimate of drug-likeness (QED) is 0.846. The number of hydrogen-bond acceptors (Lipinski definition) is 4. The van der Waals surface area contributed by atoms with Crippen LogP contribution in [0, 0.1) is 0 Å². The first-order chi connectivity index (χ1) is 11.0. The van der Waals surface area contributed by atoms with Crippen molar-refractivity contribution in [3.63, 3.8) is 0 Å². The van der Waals surface area contributed by atoms with Crippen LogP contribution in [0.4, 0.5) is 5.69 Å². The number of sulfonamides is 1. The summed E-state index contributed by atoms with van der Waals surface area (Å²) in [6, 6.07) is 11.3. The van der Waals surface area contributed by atoms with Gasteiger partial charge in [0.2, 0.25) is 0 Å². The molecule has 0 saturated heterocycles. The SMILES string of the molecule is CCN(c1ccc(Cl)cc1)S(=O)(=O)c1ccc2c(c1)OCCO2. The Morgan fingerprint density at radius 2 is 1.70 bits per heavy atom. The van der Waals surface area contributed by atoms with Gasteiger partial charge in [0.15, 0.2) is 11.5 Å². The van der Waals surface area contributed by atoms with Crippen molar-refractivity contribution in [1.29, 1.82) is 0 Å². The number of ether oxygens (including phenoxy) is 2. The third-order valence-corrected chi connectivity index (χ3v) is 5.65. The summed E-state index contributed by atoms with van der Waals surface area (Å²) in [4.78, 5) is 0.165. The average molecular weight is 354 g/mol. The second-order valence-electron chi connectivity index (χ2n) is 4.95. The molecule has 0 unspecified atom stereocenters. The molecule has 2 aromatic rings. The summed E-state index contributed by atoms with van der Waals surface area (Å²) in [5.74, 6) is 1.01. The van der Waals surface area contributed by atoms with Crippen molar-refractivity contribution in [2.75, 3.05) is 24.1 Å². The fraction of sp³-hybridized carbons (Fsp3) is 0.250. The Kier molecular flexibility index (Phi) is 4.37. The van der Waals surface area contributed by atoms with Crippen LogP contribution >= 0.6 is 11.6 Å². The number of hydrogen-bond donors (Lipinski definition) is 0. The van der Waals surface area contributed by atoms with Crippen LogP contribution in [0.1, 0.15) is 6.92 Å². The van der Waals surface area contributed by atoms with Crippen molar-refractivity contribution < 1.29 is 17.9 Å². The summed E-state index contributed by atoms with van der Waals surface area (Å²) < 4.78 is 38.1. The van der Waals surface area contributed by atoms with Crippen LogP contribution in [0.15, 0.2) is 47.4 Å². The Labute approximate surface area is 140 Å².